The molecule has 1 N–H and O–H groups in total. The Hall–Kier alpha value is -4.59. The van der Waals surface area contributed by atoms with Gasteiger partial charge in [0.05, 0.1) is 25.4 Å². The van der Waals surface area contributed by atoms with E-state index in [1.54, 1.807) is 27.4 Å². The number of furan rings is 1. The van der Waals surface area contributed by atoms with Crippen molar-refractivity contribution in [1.29, 1.82) is 0 Å². The molecule has 0 saturated carbocycles. The van der Waals surface area contributed by atoms with Crippen molar-refractivity contribution in [2.45, 2.75) is 20.8 Å². The van der Waals surface area contributed by atoms with Gasteiger partial charge in [0.2, 0.25) is 5.91 Å². The summed E-state index contributed by atoms with van der Waals surface area (Å²) in [6, 6.07) is 13.9. The van der Waals surface area contributed by atoms with E-state index in [4.69, 9.17) is 13.9 Å². The fraction of sp³-hybridized carbons (Fsp3) is 0.179. The number of nitrogens with one attached hydrogen (secondary N) is 1. The van der Waals surface area contributed by atoms with Gasteiger partial charge >= 0.3 is 0 Å². The van der Waals surface area contributed by atoms with Crippen molar-refractivity contribution in [2.75, 3.05) is 19.5 Å². The quantitative estimate of drug-likeness (QED) is 0.177. The Morgan fingerprint density at radius 3 is 2.47 bits per heavy atom. The van der Waals surface area contributed by atoms with E-state index >= 15 is 0 Å². The molecule has 0 aliphatic rings. The van der Waals surface area contributed by atoms with E-state index < -0.39 is 4.92 Å². The van der Waals surface area contributed by atoms with Crippen molar-refractivity contribution in [3.63, 3.8) is 0 Å². The Bertz CT molecular complexity index is 1520. The van der Waals surface area contributed by atoms with Crippen LogP contribution in [-0.4, -0.2) is 25.1 Å². The number of rotatable bonds is 7. The van der Waals surface area contributed by atoms with E-state index in [2.05, 4.69) is 5.32 Å². The van der Waals surface area contributed by atoms with Gasteiger partial charge in [-0.25, -0.2) is 0 Å². The second-order valence-electron chi connectivity index (χ2n) is 8.38. The molecule has 0 fully saturated rings. The van der Waals surface area contributed by atoms with Crippen LogP contribution >= 0.6 is 0 Å². The van der Waals surface area contributed by atoms with Gasteiger partial charge in [-0.1, -0.05) is 18.2 Å². The molecule has 1 heterocycles. The van der Waals surface area contributed by atoms with Crippen molar-refractivity contribution in [2.24, 2.45) is 0 Å². The second kappa shape index (κ2) is 9.95. The summed E-state index contributed by atoms with van der Waals surface area (Å²) in [5.74, 6) is 0.971. The number of nitro groups is 1. The van der Waals surface area contributed by atoms with E-state index in [-0.39, 0.29) is 11.6 Å². The predicted molar refractivity (Wildman–Crippen MR) is 140 cm³/mol. The summed E-state index contributed by atoms with van der Waals surface area (Å²) in [6.07, 6.45) is 3.18. The first-order chi connectivity index (χ1) is 17.2. The zero-order chi connectivity index (χ0) is 26.0. The van der Waals surface area contributed by atoms with Crippen LogP contribution in [0.2, 0.25) is 0 Å². The van der Waals surface area contributed by atoms with Crippen LogP contribution in [0.1, 0.15) is 23.6 Å². The molecule has 1 aromatic heterocycles. The largest absolute Gasteiger partial charge is 0.496 e. The molecule has 0 bridgehead atoms. The number of nitrogens with zero attached hydrogens (tertiary/aromatic N) is 1. The number of nitro benzene ring substituents is 1. The number of hydrogen-bond acceptors (Lipinski definition) is 6. The molecule has 0 radical (unpaired) electrons. The number of allylic oxidation sites excluding steroid dienone is 1. The number of anilines is 1. The van der Waals surface area contributed by atoms with Gasteiger partial charge in [-0.3, -0.25) is 14.9 Å². The lowest BCUT2D eigenvalue weighted by molar-refractivity contribution is -0.384. The average Bonchev–Trinajstić information content (AvgIpc) is 3.29. The standard InChI is InChI=1S/C28H26N2O6/c1-16(13-26(31)29-24-11-10-19(30(32)33)12-17(24)2)21-14-22-23(20-8-6-7-9-25(20)34-4)15-36-28(22)18(3)27(21)35-5/h6-15H,1-5H3,(H,29,31)/b16-13+. The zero-order valence-corrected chi connectivity index (χ0v) is 20.7. The maximum atomic E-state index is 12.8. The first kappa shape index (κ1) is 24.5. The monoisotopic (exact) mass is 486 g/mol. The molecule has 0 atom stereocenters. The molecule has 1 amide bonds. The highest BCUT2D eigenvalue weighted by molar-refractivity contribution is 6.06. The van der Waals surface area contributed by atoms with Crippen molar-refractivity contribution >= 4 is 33.8 Å². The number of hydrogen-bond donors (Lipinski definition) is 1. The van der Waals surface area contributed by atoms with Crippen molar-refractivity contribution in [3.05, 3.63) is 87.7 Å². The number of aryl methyl sites for hydroxylation is 2. The third kappa shape index (κ3) is 4.53. The highest BCUT2D eigenvalue weighted by Gasteiger charge is 2.20. The number of ether oxygens (including phenoxy) is 2. The van der Waals surface area contributed by atoms with Crippen molar-refractivity contribution < 1.29 is 23.6 Å². The minimum atomic E-state index is -0.470. The van der Waals surface area contributed by atoms with E-state index in [0.29, 0.717) is 28.2 Å². The molecule has 0 aliphatic carbocycles. The van der Waals surface area contributed by atoms with Gasteiger partial charge in [0.25, 0.3) is 5.69 Å². The number of non-ortho nitro benzene ring substituents is 1. The molecule has 36 heavy (non-hydrogen) atoms. The summed E-state index contributed by atoms with van der Waals surface area (Å²) in [4.78, 5) is 23.4. The van der Waals surface area contributed by atoms with Gasteiger partial charge in [0.15, 0.2) is 0 Å². The lowest BCUT2D eigenvalue weighted by atomic mass is 9.96. The van der Waals surface area contributed by atoms with Crippen LogP contribution in [0.5, 0.6) is 11.5 Å². The number of fused-ring (bicyclic) bond motifs is 1. The molecule has 0 unspecified atom stereocenters. The minimum Gasteiger partial charge on any atom is -0.496 e. The maximum Gasteiger partial charge on any atom is 0.269 e. The fourth-order valence-corrected chi connectivity index (χ4v) is 4.29. The first-order valence-corrected chi connectivity index (χ1v) is 11.2. The smallest absolute Gasteiger partial charge is 0.269 e. The average molecular weight is 487 g/mol. The number of amides is 1. The normalized spacial score (nSPS) is 11.4. The molecule has 184 valence electrons. The summed E-state index contributed by atoms with van der Waals surface area (Å²) < 4.78 is 17.2. The molecule has 4 aromatic rings. The predicted octanol–water partition coefficient (Wildman–Crippen LogP) is 6.68. The first-order valence-electron chi connectivity index (χ1n) is 11.2. The van der Waals surface area contributed by atoms with Gasteiger partial charge < -0.3 is 19.2 Å². The molecule has 4 rings (SSSR count). The SMILES string of the molecule is COc1ccccc1-c1coc2c(C)c(OC)c(/C(C)=C/C(=O)Nc3ccc([N+](=O)[O-])cc3C)cc12. The van der Waals surface area contributed by atoms with E-state index in [1.807, 2.05) is 44.2 Å². The second-order valence-corrected chi connectivity index (χ2v) is 8.38. The van der Waals surface area contributed by atoms with Crippen molar-refractivity contribution in [3.8, 4) is 22.6 Å². The van der Waals surface area contributed by atoms with Crippen LogP contribution in [0.25, 0.3) is 27.7 Å². The van der Waals surface area contributed by atoms with Crippen LogP contribution in [0.15, 0.2) is 65.3 Å². The van der Waals surface area contributed by atoms with Crippen LogP contribution < -0.4 is 14.8 Å². The van der Waals surface area contributed by atoms with Crippen LogP contribution in [-0.2, 0) is 4.79 Å². The maximum absolute atomic E-state index is 12.8. The lowest BCUT2D eigenvalue weighted by Crippen LogP contribution is -2.10. The molecule has 8 heteroatoms. The van der Waals surface area contributed by atoms with E-state index in [9.17, 15) is 14.9 Å². The van der Waals surface area contributed by atoms with Crippen LogP contribution in [0.3, 0.4) is 0 Å². The summed E-state index contributed by atoms with van der Waals surface area (Å²) >= 11 is 0. The van der Waals surface area contributed by atoms with Gasteiger partial charge in [-0.2, -0.15) is 0 Å². The Kier molecular flexibility index (Phi) is 6.78. The highest BCUT2D eigenvalue weighted by Crippen LogP contribution is 2.42. The minimum absolute atomic E-state index is 0.0308. The van der Waals surface area contributed by atoms with Crippen LogP contribution in [0.4, 0.5) is 11.4 Å². The Morgan fingerprint density at radius 1 is 1.06 bits per heavy atom. The number of carbonyl (C=O) groups is 1. The van der Waals surface area contributed by atoms with Gasteiger partial charge in [-0.05, 0) is 50.1 Å². The number of carbonyl (C=O) groups excluding carboxylic acids is 1. The van der Waals surface area contributed by atoms with E-state index in [1.165, 1.54) is 24.3 Å². The number of para-hydroxylation sites is 1. The molecule has 0 spiro atoms. The number of methoxy groups -OCH3 is 2. The molecular weight excluding hydrogens is 460 g/mol. The number of benzene rings is 3. The Balaban J connectivity index is 1.75. The third-order valence-corrected chi connectivity index (χ3v) is 6.10. The van der Waals surface area contributed by atoms with E-state index in [0.717, 1.165) is 33.4 Å². The molecule has 3 aromatic carbocycles. The van der Waals surface area contributed by atoms with Gasteiger partial charge in [0.1, 0.15) is 17.1 Å². The highest BCUT2D eigenvalue weighted by atomic mass is 16.6. The van der Waals surface area contributed by atoms with Crippen molar-refractivity contribution in [1.82, 2.24) is 0 Å². The third-order valence-electron chi connectivity index (χ3n) is 6.10. The summed E-state index contributed by atoms with van der Waals surface area (Å²) in [6.45, 7) is 5.44. The molecular formula is C28H26N2O6. The van der Waals surface area contributed by atoms with Crippen LogP contribution in [0, 0.1) is 24.0 Å². The molecule has 0 aliphatic heterocycles. The van der Waals surface area contributed by atoms with Gasteiger partial charge in [0, 0.05) is 51.5 Å². The molecule has 0 saturated heterocycles. The Labute approximate surface area is 208 Å². The summed E-state index contributed by atoms with van der Waals surface area (Å²) in [5.41, 5.74) is 5.75. The summed E-state index contributed by atoms with van der Waals surface area (Å²) in [7, 11) is 3.20. The zero-order valence-electron chi connectivity index (χ0n) is 20.7. The molecule has 8 nitrogen and oxygen atoms in total. The van der Waals surface area contributed by atoms with Gasteiger partial charge in [-0.15, -0.1) is 0 Å². The Morgan fingerprint density at radius 2 is 1.81 bits per heavy atom. The summed E-state index contributed by atoms with van der Waals surface area (Å²) in [5, 5.41) is 14.7. The fourth-order valence-electron chi connectivity index (χ4n) is 4.29. The topological polar surface area (TPSA) is 104 Å². The lowest BCUT2D eigenvalue weighted by Gasteiger charge is -2.14.